The van der Waals surface area contributed by atoms with E-state index in [1.165, 1.54) is 5.69 Å². The van der Waals surface area contributed by atoms with E-state index in [4.69, 9.17) is 4.74 Å². The Bertz CT molecular complexity index is 374. The topological polar surface area (TPSA) is 70.2 Å². The van der Waals surface area contributed by atoms with Gasteiger partial charge < -0.3 is 20.1 Å². The number of imidazole rings is 1. The lowest BCUT2D eigenvalue weighted by atomic mass is 9.85. The first kappa shape index (κ1) is 11.2. The number of nitrogens with one attached hydrogen (secondary N) is 2. The number of aliphatic hydroxyl groups excluding tert-OH is 1. The van der Waals surface area contributed by atoms with Crippen molar-refractivity contribution >= 4 is 0 Å². The Morgan fingerprint density at radius 3 is 3.00 bits per heavy atom. The van der Waals surface area contributed by atoms with Gasteiger partial charge in [-0.3, -0.25) is 0 Å². The molecule has 0 saturated carbocycles. The lowest BCUT2D eigenvalue weighted by Crippen LogP contribution is -2.45. The van der Waals surface area contributed by atoms with Gasteiger partial charge in [0.25, 0.3) is 0 Å². The summed E-state index contributed by atoms with van der Waals surface area (Å²) >= 11 is 0. The Morgan fingerprint density at radius 1 is 1.41 bits per heavy atom. The monoisotopic (exact) mass is 237 g/mol. The molecular weight excluding hydrogens is 218 g/mol. The maximum atomic E-state index is 9.35. The van der Waals surface area contributed by atoms with E-state index in [1.54, 1.807) is 6.33 Å². The van der Waals surface area contributed by atoms with E-state index in [0.29, 0.717) is 5.92 Å². The highest BCUT2D eigenvalue weighted by Gasteiger charge is 2.34. The summed E-state index contributed by atoms with van der Waals surface area (Å²) in [4.78, 5) is 7.64. The van der Waals surface area contributed by atoms with Gasteiger partial charge in [0, 0.05) is 31.4 Å². The predicted octanol–water partition coefficient (Wildman–Crippen LogP) is 0.384. The fourth-order valence-electron chi connectivity index (χ4n) is 2.93. The molecule has 1 fully saturated rings. The third kappa shape index (κ3) is 2.10. The SMILES string of the molecule is OCC1Cc2[nH]cnc2C(C2CCOCC2)N1. The largest absolute Gasteiger partial charge is 0.395 e. The van der Waals surface area contributed by atoms with E-state index in [9.17, 15) is 5.11 Å². The molecule has 0 aliphatic carbocycles. The molecule has 2 aliphatic rings. The van der Waals surface area contributed by atoms with E-state index in [0.717, 1.165) is 38.2 Å². The van der Waals surface area contributed by atoms with Gasteiger partial charge in [-0.05, 0) is 18.8 Å². The van der Waals surface area contributed by atoms with Crippen LogP contribution in [0.2, 0.25) is 0 Å². The second-order valence-electron chi connectivity index (χ2n) is 4.94. The molecule has 2 aliphatic heterocycles. The van der Waals surface area contributed by atoms with Crippen molar-refractivity contribution in [2.45, 2.75) is 31.3 Å². The van der Waals surface area contributed by atoms with E-state index < -0.39 is 0 Å². The molecule has 2 atom stereocenters. The number of fused-ring (bicyclic) bond motifs is 1. The number of hydrogen-bond donors (Lipinski definition) is 3. The molecule has 0 bridgehead atoms. The van der Waals surface area contributed by atoms with Crippen LogP contribution in [0.5, 0.6) is 0 Å². The van der Waals surface area contributed by atoms with Crippen molar-refractivity contribution in [3.8, 4) is 0 Å². The van der Waals surface area contributed by atoms with Crippen molar-refractivity contribution < 1.29 is 9.84 Å². The van der Waals surface area contributed by atoms with Gasteiger partial charge >= 0.3 is 0 Å². The van der Waals surface area contributed by atoms with Crippen LogP contribution >= 0.6 is 0 Å². The van der Waals surface area contributed by atoms with Crippen molar-refractivity contribution in [2.75, 3.05) is 19.8 Å². The number of ether oxygens (including phenoxy) is 1. The van der Waals surface area contributed by atoms with Gasteiger partial charge in [0.1, 0.15) is 0 Å². The summed E-state index contributed by atoms with van der Waals surface area (Å²) in [6.45, 7) is 1.86. The van der Waals surface area contributed by atoms with Crippen LogP contribution in [-0.2, 0) is 11.2 Å². The number of aromatic amines is 1. The Balaban J connectivity index is 1.83. The van der Waals surface area contributed by atoms with Crippen LogP contribution in [-0.4, -0.2) is 40.9 Å². The lowest BCUT2D eigenvalue weighted by molar-refractivity contribution is 0.0478. The first-order chi connectivity index (χ1) is 8.38. The molecule has 94 valence electrons. The van der Waals surface area contributed by atoms with Gasteiger partial charge in [0.2, 0.25) is 0 Å². The minimum absolute atomic E-state index is 0.149. The minimum atomic E-state index is 0.149. The van der Waals surface area contributed by atoms with Gasteiger partial charge in [-0.25, -0.2) is 4.98 Å². The summed E-state index contributed by atoms with van der Waals surface area (Å²) in [6.07, 6.45) is 4.74. The van der Waals surface area contributed by atoms with Crippen molar-refractivity contribution in [3.05, 3.63) is 17.7 Å². The summed E-state index contributed by atoms with van der Waals surface area (Å²) in [5.41, 5.74) is 2.32. The first-order valence-electron chi connectivity index (χ1n) is 6.35. The molecule has 5 nitrogen and oxygen atoms in total. The van der Waals surface area contributed by atoms with Crippen molar-refractivity contribution in [2.24, 2.45) is 5.92 Å². The van der Waals surface area contributed by atoms with Gasteiger partial charge in [0.05, 0.1) is 24.7 Å². The molecule has 3 rings (SSSR count). The molecule has 17 heavy (non-hydrogen) atoms. The van der Waals surface area contributed by atoms with Gasteiger partial charge in [-0.2, -0.15) is 0 Å². The highest BCUT2D eigenvalue weighted by molar-refractivity contribution is 5.22. The van der Waals surface area contributed by atoms with Gasteiger partial charge in [0.15, 0.2) is 0 Å². The third-order valence-corrected chi connectivity index (χ3v) is 3.87. The molecule has 0 radical (unpaired) electrons. The van der Waals surface area contributed by atoms with Crippen LogP contribution in [0, 0.1) is 5.92 Å². The fourth-order valence-corrected chi connectivity index (χ4v) is 2.93. The van der Waals surface area contributed by atoms with Crippen LogP contribution in [0.3, 0.4) is 0 Å². The standard InChI is InChI=1S/C12H19N3O2/c16-6-9-5-10-12(14-7-13-10)11(15-9)8-1-3-17-4-2-8/h7-9,11,15-16H,1-6H2,(H,13,14). The highest BCUT2D eigenvalue weighted by atomic mass is 16.5. The number of H-pyrrole nitrogens is 1. The zero-order chi connectivity index (χ0) is 11.7. The van der Waals surface area contributed by atoms with E-state index in [-0.39, 0.29) is 18.7 Å². The number of nitrogens with zero attached hydrogens (tertiary/aromatic N) is 1. The van der Waals surface area contributed by atoms with Crippen LogP contribution in [0.15, 0.2) is 6.33 Å². The zero-order valence-electron chi connectivity index (χ0n) is 9.85. The average Bonchev–Trinajstić information content (AvgIpc) is 2.86. The normalized spacial score (nSPS) is 30.2. The quantitative estimate of drug-likeness (QED) is 0.695. The number of aromatic nitrogens is 2. The molecule has 3 N–H and O–H groups in total. The van der Waals surface area contributed by atoms with Crippen molar-refractivity contribution in [3.63, 3.8) is 0 Å². The number of rotatable bonds is 2. The average molecular weight is 237 g/mol. The van der Waals surface area contributed by atoms with Crippen LogP contribution < -0.4 is 5.32 Å². The summed E-state index contributed by atoms with van der Waals surface area (Å²) in [5, 5.41) is 12.9. The van der Waals surface area contributed by atoms with Crippen molar-refractivity contribution in [1.82, 2.24) is 15.3 Å². The molecule has 1 aromatic heterocycles. The summed E-state index contributed by atoms with van der Waals surface area (Å²) in [5.74, 6) is 0.570. The lowest BCUT2D eigenvalue weighted by Gasteiger charge is -2.36. The Morgan fingerprint density at radius 2 is 2.24 bits per heavy atom. The molecule has 5 heteroatoms. The molecular formula is C12H19N3O2. The molecule has 3 heterocycles. The number of aliphatic hydroxyl groups is 1. The zero-order valence-corrected chi connectivity index (χ0v) is 9.85. The fraction of sp³-hybridized carbons (Fsp3) is 0.750. The smallest absolute Gasteiger partial charge is 0.0925 e. The van der Waals surface area contributed by atoms with Crippen LogP contribution in [0.4, 0.5) is 0 Å². The maximum absolute atomic E-state index is 9.35. The highest BCUT2D eigenvalue weighted by Crippen LogP contribution is 2.33. The Hall–Kier alpha value is -0.910. The molecule has 0 amide bonds. The maximum Gasteiger partial charge on any atom is 0.0925 e. The number of hydrogen-bond acceptors (Lipinski definition) is 4. The van der Waals surface area contributed by atoms with Gasteiger partial charge in [-0.1, -0.05) is 0 Å². The minimum Gasteiger partial charge on any atom is -0.395 e. The summed E-state index contributed by atoms with van der Waals surface area (Å²) in [6, 6.07) is 0.418. The first-order valence-corrected chi connectivity index (χ1v) is 6.35. The van der Waals surface area contributed by atoms with Crippen molar-refractivity contribution in [1.29, 1.82) is 0 Å². The predicted molar refractivity (Wildman–Crippen MR) is 62.6 cm³/mol. The van der Waals surface area contributed by atoms with E-state index >= 15 is 0 Å². The third-order valence-electron chi connectivity index (χ3n) is 3.87. The molecule has 0 spiro atoms. The summed E-state index contributed by atoms with van der Waals surface area (Å²) in [7, 11) is 0. The Labute approximate surface area is 101 Å². The molecule has 1 aromatic rings. The second kappa shape index (κ2) is 4.76. The van der Waals surface area contributed by atoms with Gasteiger partial charge in [-0.15, -0.1) is 0 Å². The molecule has 1 saturated heterocycles. The molecule has 2 unspecified atom stereocenters. The van der Waals surface area contributed by atoms with E-state index in [2.05, 4.69) is 15.3 Å². The molecule has 0 aromatic carbocycles. The second-order valence-corrected chi connectivity index (χ2v) is 4.94. The van der Waals surface area contributed by atoms with Crippen LogP contribution in [0.25, 0.3) is 0 Å². The van der Waals surface area contributed by atoms with E-state index in [1.807, 2.05) is 0 Å². The Kier molecular flexibility index (Phi) is 3.13. The van der Waals surface area contributed by atoms with Crippen LogP contribution in [0.1, 0.15) is 30.3 Å². The summed E-state index contributed by atoms with van der Waals surface area (Å²) < 4.78 is 5.41.